The number of aryl methyl sites for hydroxylation is 1. The van der Waals surface area contributed by atoms with E-state index in [0.717, 1.165) is 16.7 Å². The molecule has 4 amide bonds. The summed E-state index contributed by atoms with van der Waals surface area (Å²) in [5.41, 5.74) is 2.35. The molecule has 0 unspecified atom stereocenters. The molecule has 0 saturated heterocycles. The number of carbonyl (C=O) groups excluding carboxylic acids is 3. The van der Waals surface area contributed by atoms with Gasteiger partial charge < -0.3 is 20.1 Å². The Labute approximate surface area is 243 Å². The van der Waals surface area contributed by atoms with Crippen LogP contribution < -0.4 is 19.7 Å². The molecule has 2 atom stereocenters. The van der Waals surface area contributed by atoms with Gasteiger partial charge in [0.1, 0.15) is 17.8 Å². The van der Waals surface area contributed by atoms with Gasteiger partial charge in [-0.05, 0) is 60.4 Å². The molecule has 1 heterocycles. The fourth-order valence-electron chi connectivity index (χ4n) is 4.90. The van der Waals surface area contributed by atoms with E-state index in [1.807, 2.05) is 29.0 Å². The third kappa shape index (κ3) is 6.46. The molecule has 3 aromatic carbocycles. The minimum absolute atomic E-state index is 0.0577. The molecule has 42 heavy (non-hydrogen) atoms. The average molecular weight is 597 g/mol. The summed E-state index contributed by atoms with van der Waals surface area (Å²) in [5, 5.41) is 13.3. The van der Waals surface area contributed by atoms with Crippen LogP contribution in [-0.4, -0.2) is 74.7 Å². The molecule has 0 aromatic heterocycles. The zero-order chi connectivity index (χ0) is 30.8. The fourth-order valence-corrected chi connectivity index (χ4v) is 5.36. The van der Waals surface area contributed by atoms with Crippen molar-refractivity contribution in [3.8, 4) is 5.75 Å². The Morgan fingerprint density at radius 1 is 1.14 bits per heavy atom. The van der Waals surface area contributed by atoms with Crippen LogP contribution in [-0.2, 0) is 32.6 Å². The van der Waals surface area contributed by atoms with Crippen LogP contribution in [0.4, 0.5) is 10.5 Å². The lowest BCUT2D eigenvalue weighted by Gasteiger charge is -2.29. The van der Waals surface area contributed by atoms with Gasteiger partial charge >= 0.3 is 6.09 Å². The second kappa shape index (κ2) is 12.1. The number of para-hydroxylation sites is 1. The molecule has 3 aromatic rings. The third-order valence-corrected chi connectivity index (χ3v) is 7.85. The van der Waals surface area contributed by atoms with E-state index in [-0.39, 0.29) is 18.0 Å². The number of nitrogens with one attached hydrogen (secondary N) is 2. The van der Waals surface area contributed by atoms with Gasteiger partial charge in [0.05, 0.1) is 19.9 Å². The average Bonchev–Trinajstić information content (AvgIpc) is 3.07. The Morgan fingerprint density at radius 2 is 1.86 bits per heavy atom. The largest absolute Gasteiger partial charge is 0.496 e. The highest BCUT2D eigenvalue weighted by Crippen LogP contribution is 2.34. The van der Waals surface area contributed by atoms with Crippen molar-refractivity contribution in [2.24, 2.45) is 0 Å². The van der Waals surface area contributed by atoms with E-state index in [1.165, 1.54) is 27.1 Å². The molecule has 12 nitrogen and oxygen atoms in total. The number of hydrogen-bond acceptors (Lipinski definition) is 7. The van der Waals surface area contributed by atoms with Gasteiger partial charge in [0, 0.05) is 23.9 Å². The second-order valence-electron chi connectivity index (χ2n) is 10.1. The van der Waals surface area contributed by atoms with E-state index in [4.69, 9.17) is 4.74 Å². The second-order valence-corrected chi connectivity index (χ2v) is 11.9. The van der Waals surface area contributed by atoms with Gasteiger partial charge in [0.15, 0.2) is 0 Å². The monoisotopic (exact) mass is 596 g/mol. The quantitative estimate of drug-likeness (QED) is 0.357. The summed E-state index contributed by atoms with van der Waals surface area (Å²) in [7, 11) is -0.970. The van der Waals surface area contributed by atoms with E-state index in [9.17, 15) is 32.7 Å². The number of nitrogens with zero attached hydrogens (tertiary/aromatic N) is 2. The van der Waals surface area contributed by atoms with Crippen LogP contribution in [0.5, 0.6) is 5.75 Å². The molecule has 0 saturated carbocycles. The maximum absolute atomic E-state index is 14.0. The number of anilines is 1. The molecule has 1 aliphatic rings. The first-order chi connectivity index (χ1) is 19.8. The normalized spacial score (nSPS) is 15.8. The Bertz CT molecular complexity index is 1670. The first-order valence-electron chi connectivity index (χ1n) is 13.1. The number of fused-ring (bicyclic) bond motifs is 2. The zero-order valence-electron chi connectivity index (χ0n) is 23.6. The summed E-state index contributed by atoms with van der Waals surface area (Å²) >= 11 is 0. The molecule has 0 spiro atoms. The lowest BCUT2D eigenvalue weighted by atomic mass is 10.00. The SMILES string of the molecule is COc1ccc2cc(C(=O)NS(C)(=O)=O)ccc2c1CN1C(=O)[C@@H](NC(=O)[C@H](C)N(C)C(=O)O)CCc2ccccc21. The summed E-state index contributed by atoms with van der Waals surface area (Å²) in [6, 6.07) is 13.6. The topological polar surface area (TPSA) is 162 Å². The highest BCUT2D eigenvalue weighted by atomic mass is 32.2. The van der Waals surface area contributed by atoms with E-state index in [1.54, 1.807) is 29.2 Å². The number of likely N-dealkylation sites (N-methyl/N-ethyl adjacent to an activating group) is 1. The Hall–Kier alpha value is -4.65. The third-order valence-electron chi connectivity index (χ3n) is 7.29. The first kappa shape index (κ1) is 30.3. The first-order valence-corrected chi connectivity index (χ1v) is 15.0. The van der Waals surface area contributed by atoms with Crippen LogP contribution in [0.15, 0.2) is 54.6 Å². The summed E-state index contributed by atoms with van der Waals surface area (Å²) in [6.45, 7) is 1.50. The number of carboxylic acid groups (broad SMARTS) is 1. The van der Waals surface area contributed by atoms with Crippen LogP contribution in [0.25, 0.3) is 10.8 Å². The van der Waals surface area contributed by atoms with Crippen molar-refractivity contribution in [1.29, 1.82) is 0 Å². The molecule has 0 radical (unpaired) electrons. The number of amides is 4. The molecular weight excluding hydrogens is 564 g/mol. The van der Waals surface area contributed by atoms with Crippen LogP contribution in [0.3, 0.4) is 0 Å². The molecule has 1 aliphatic heterocycles. The number of benzene rings is 3. The van der Waals surface area contributed by atoms with Gasteiger partial charge in [0.2, 0.25) is 21.8 Å². The smallest absolute Gasteiger partial charge is 0.407 e. The van der Waals surface area contributed by atoms with Crippen molar-refractivity contribution >= 4 is 50.3 Å². The number of methoxy groups -OCH3 is 1. The van der Waals surface area contributed by atoms with E-state index >= 15 is 0 Å². The van der Waals surface area contributed by atoms with Gasteiger partial charge in [-0.3, -0.25) is 19.3 Å². The maximum Gasteiger partial charge on any atom is 0.407 e. The lowest BCUT2D eigenvalue weighted by Crippen LogP contribution is -2.53. The van der Waals surface area contributed by atoms with Gasteiger partial charge in [-0.2, -0.15) is 0 Å². The predicted octanol–water partition coefficient (Wildman–Crippen LogP) is 2.50. The van der Waals surface area contributed by atoms with Crippen molar-refractivity contribution in [3.63, 3.8) is 0 Å². The van der Waals surface area contributed by atoms with Crippen molar-refractivity contribution < 1.29 is 37.4 Å². The molecule has 0 bridgehead atoms. The van der Waals surface area contributed by atoms with Gasteiger partial charge in [-0.1, -0.05) is 30.3 Å². The highest BCUT2D eigenvalue weighted by Gasteiger charge is 2.34. The Balaban J connectivity index is 1.73. The van der Waals surface area contributed by atoms with Crippen LogP contribution >= 0.6 is 0 Å². The molecule has 4 rings (SSSR count). The van der Waals surface area contributed by atoms with Crippen LogP contribution in [0, 0.1) is 0 Å². The molecule has 0 aliphatic carbocycles. The van der Waals surface area contributed by atoms with Gasteiger partial charge in [0.25, 0.3) is 5.91 Å². The minimum atomic E-state index is -3.75. The molecular formula is C29H32N4O8S. The van der Waals surface area contributed by atoms with Crippen molar-refractivity contribution in [1.82, 2.24) is 14.9 Å². The molecule has 13 heteroatoms. The highest BCUT2D eigenvalue weighted by molar-refractivity contribution is 7.89. The number of ether oxygens (including phenoxy) is 1. The van der Waals surface area contributed by atoms with Gasteiger partial charge in [-0.25, -0.2) is 17.9 Å². The van der Waals surface area contributed by atoms with E-state index in [2.05, 4.69) is 5.32 Å². The molecule has 0 fully saturated rings. The van der Waals surface area contributed by atoms with Crippen molar-refractivity contribution in [2.45, 2.75) is 38.4 Å². The standard InChI is InChI=1S/C29H32N4O8S/c1-17(32(2)29(37)38)26(34)30-23-13-10-18-7-5-6-8-24(18)33(28(23)36)16-22-21-12-9-20(27(35)31-42(4,39)40)15-19(21)11-14-25(22)41-3/h5-9,11-12,14-15,17,23H,10,13,16H2,1-4H3,(H,30,34)(H,31,35)(H,37,38)/t17-,23-/m0/s1. The molecule has 222 valence electrons. The molecule has 3 N–H and O–H groups in total. The minimum Gasteiger partial charge on any atom is -0.496 e. The van der Waals surface area contributed by atoms with Gasteiger partial charge in [-0.15, -0.1) is 0 Å². The predicted molar refractivity (Wildman–Crippen MR) is 156 cm³/mol. The Morgan fingerprint density at radius 3 is 2.52 bits per heavy atom. The summed E-state index contributed by atoms with van der Waals surface area (Å²) in [5.74, 6) is -1.24. The van der Waals surface area contributed by atoms with E-state index < -0.39 is 40.0 Å². The summed E-state index contributed by atoms with van der Waals surface area (Å²) < 4.78 is 30.7. The van der Waals surface area contributed by atoms with Crippen LogP contribution in [0.2, 0.25) is 0 Å². The van der Waals surface area contributed by atoms with Crippen LogP contribution in [0.1, 0.15) is 34.8 Å². The number of sulfonamides is 1. The Kier molecular flexibility index (Phi) is 8.71. The fraction of sp³-hybridized carbons (Fsp3) is 0.310. The zero-order valence-corrected chi connectivity index (χ0v) is 24.4. The summed E-state index contributed by atoms with van der Waals surface area (Å²) in [4.78, 5) is 53.2. The lowest BCUT2D eigenvalue weighted by molar-refractivity contribution is -0.130. The maximum atomic E-state index is 14.0. The number of carbonyl (C=O) groups is 4. The number of rotatable bonds is 8. The van der Waals surface area contributed by atoms with Crippen molar-refractivity contribution in [2.75, 3.05) is 25.3 Å². The number of hydrogen-bond donors (Lipinski definition) is 3. The van der Waals surface area contributed by atoms with E-state index in [0.29, 0.717) is 40.6 Å². The summed E-state index contributed by atoms with van der Waals surface area (Å²) in [6.07, 6.45) is 0.440. The van der Waals surface area contributed by atoms with Crippen molar-refractivity contribution in [3.05, 3.63) is 71.3 Å².